The predicted molar refractivity (Wildman–Crippen MR) is 72.5 cm³/mol. The van der Waals surface area contributed by atoms with E-state index in [9.17, 15) is 13.6 Å². The quantitative estimate of drug-likeness (QED) is 0.804. The molecule has 1 atom stereocenters. The SMILES string of the molecule is COc1ccc(CNCC2CCC(=O)N2)cc1OC(F)F. The summed E-state index contributed by atoms with van der Waals surface area (Å²) in [5, 5.41) is 6.03. The van der Waals surface area contributed by atoms with Crippen LogP contribution in [-0.4, -0.2) is 32.2 Å². The van der Waals surface area contributed by atoms with Gasteiger partial charge in [0.25, 0.3) is 0 Å². The standard InChI is InChI=1S/C14H18F2N2O3/c1-20-11-4-2-9(6-12(11)21-14(15)16)7-17-8-10-3-5-13(19)18-10/h2,4,6,10,14,17H,3,5,7-8H2,1H3,(H,18,19). The monoisotopic (exact) mass is 300 g/mol. The molecule has 1 heterocycles. The van der Waals surface area contributed by atoms with Crippen LogP contribution in [0.25, 0.3) is 0 Å². The average molecular weight is 300 g/mol. The van der Waals surface area contributed by atoms with E-state index in [-0.39, 0.29) is 23.4 Å². The molecule has 21 heavy (non-hydrogen) atoms. The molecule has 1 aromatic carbocycles. The number of benzene rings is 1. The van der Waals surface area contributed by atoms with E-state index in [1.807, 2.05) is 0 Å². The highest BCUT2D eigenvalue weighted by atomic mass is 19.3. The molecular formula is C14H18F2N2O3. The summed E-state index contributed by atoms with van der Waals surface area (Å²) in [7, 11) is 1.40. The van der Waals surface area contributed by atoms with E-state index in [4.69, 9.17) is 4.74 Å². The molecule has 0 saturated carbocycles. The second-order valence-corrected chi connectivity index (χ2v) is 4.80. The molecule has 2 rings (SSSR count). The minimum atomic E-state index is -2.89. The predicted octanol–water partition coefficient (Wildman–Crippen LogP) is 1.66. The van der Waals surface area contributed by atoms with Gasteiger partial charge in [-0.1, -0.05) is 6.07 Å². The second kappa shape index (κ2) is 7.21. The number of amides is 1. The van der Waals surface area contributed by atoms with Crippen molar-refractivity contribution in [3.63, 3.8) is 0 Å². The van der Waals surface area contributed by atoms with E-state index in [2.05, 4.69) is 15.4 Å². The van der Waals surface area contributed by atoms with Crippen LogP contribution in [0.3, 0.4) is 0 Å². The molecule has 5 nitrogen and oxygen atoms in total. The van der Waals surface area contributed by atoms with Crippen molar-refractivity contribution in [1.29, 1.82) is 0 Å². The number of rotatable bonds is 7. The Labute approximate surface area is 121 Å². The van der Waals surface area contributed by atoms with Crippen LogP contribution >= 0.6 is 0 Å². The number of alkyl halides is 2. The molecule has 0 aromatic heterocycles. The van der Waals surface area contributed by atoms with Crippen LogP contribution in [0.15, 0.2) is 18.2 Å². The summed E-state index contributed by atoms with van der Waals surface area (Å²) in [6.45, 7) is -1.76. The lowest BCUT2D eigenvalue weighted by Gasteiger charge is -2.13. The lowest BCUT2D eigenvalue weighted by molar-refractivity contribution is -0.119. The Morgan fingerprint density at radius 2 is 2.24 bits per heavy atom. The first kappa shape index (κ1) is 15.5. The minimum absolute atomic E-state index is 0.0148. The summed E-state index contributed by atoms with van der Waals surface area (Å²) in [5.74, 6) is 0.349. The number of hydrogen-bond acceptors (Lipinski definition) is 4. The number of nitrogens with one attached hydrogen (secondary N) is 2. The van der Waals surface area contributed by atoms with Gasteiger partial charge < -0.3 is 20.1 Å². The Morgan fingerprint density at radius 3 is 2.86 bits per heavy atom. The van der Waals surface area contributed by atoms with Gasteiger partial charge in [-0.3, -0.25) is 4.79 Å². The van der Waals surface area contributed by atoms with E-state index in [1.54, 1.807) is 12.1 Å². The van der Waals surface area contributed by atoms with Gasteiger partial charge in [0.05, 0.1) is 7.11 Å². The first-order valence-electron chi connectivity index (χ1n) is 6.70. The smallest absolute Gasteiger partial charge is 0.387 e. The summed E-state index contributed by atoms with van der Waals surface area (Å²) in [5.41, 5.74) is 0.802. The van der Waals surface area contributed by atoms with Crippen LogP contribution < -0.4 is 20.1 Å². The molecule has 1 fully saturated rings. The van der Waals surface area contributed by atoms with Crippen LogP contribution in [0.4, 0.5) is 8.78 Å². The Bertz CT molecular complexity index is 497. The van der Waals surface area contributed by atoms with E-state index in [0.29, 0.717) is 19.5 Å². The van der Waals surface area contributed by atoms with Crippen molar-refractivity contribution in [2.45, 2.75) is 32.0 Å². The van der Waals surface area contributed by atoms with E-state index in [0.717, 1.165) is 12.0 Å². The van der Waals surface area contributed by atoms with Gasteiger partial charge in [0.2, 0.25) is 5.91 Å². The third-order valence-corrected chi connectivity index (χ3v) is 3.25. The zero-order valence-electron chi connectivity index (χ0n) is 11.7. The molecule has 7 heteroatoms. The first-order valence-corrected chi connectivity index (χ1v) is 6.70. The number of methoxy groups -OCH3 is 1. The van der Waals surface area contributed by atoms with Gasteiger partial charge in [-0.05, 0) is 24.1 Å². The topological polar surface area (TPSA) is 59.6 Å². The van der Waals surface area contributed by atoms with Crippen molar-refractivity contribution in [3.8, 4) is 11.5 Å². The highest BCUT2D eigenvalue weighted by molar-refractivity contribution is 5.78. The van der Waals surface area contributed by atoms with Crippen LogP contribution in [0, 0.1) is 0 Å². The fourth-order valence-corrected chi connectivity index (χ4v) is 2.24. The maximum atomic E-state index is 12.3. The third kappa shape index (κ3) is 4.56. The average Bonchev–Trinajstić information content (AvgIpc) is 2.84. The van der Waals surface area contributed by atoms with Gasteiger partial charge in [-0.25, -0.2) is 0 Å². The molecule has 2 N–H and O–H groups in total. The zero-order chi connectivity index (χ0) is 15.2. The minimum Gasteiger partial charge on any atom is -0.493 e. The molecule has 1 aromatic rings. The van der Waals surface area contributed by atoms with E-state index >= 15 is 0 Å². The van der Waals surface area contributed by atoms with Crippen molar-refractivity contribution < 1.29 is 23.0 Å². The fraction of sp³-hybridized carbons (Fsp3) is 0.500. The molecule has 116 valence electrons. The zero-order valence-corrected chi connectivity index (χ0v) is 11.7. The molecule has 0 spiro atoms. The van der Waals surface area contributed by atoms with Gasteiger partial charge in [0.1, 0.15) is 0 Å². The van der Waals surface area contributed by atoms with Crippen LogP contribution in [0.5, 0.6) is 11.5 Å². The Hall–Kier alpha value is -1.89. The van der Waals surface area contributed by atoms with Gasteiger partial charge in [0, 0.05) is 25.6 Å². The van der Waals surface area contributed by atoms with Crippen molar-refractivity contribution in [1.82, 2.24) is 10.6 Å². The number of carbonyl (C=O) groups excluding carboxylic acids is 1. The fourth-order valence-electron chi connectivity index (χ4n) is 2.24. The highest BCUT2D eigenvalue weighted by Crippen LogP contribution is 2.29. The number of hydrogen-bond donors (Lipinski definition) is 2. The van der Waals surface area contributed by atoms with Crippen molar-refractivity contribution in [2.75, 3.05) is 13.7 Å². The third-order valence-electron chi connectivity index (χ3n) is 3.25. The number of ether oxygens (including phenoxy) is 2. The second-order valence-electron chi connectivity index (χ2n) is 4.80. The lowest BCUT2D eigenvalue weighted by atomic mass is 10.2. The van der Waals surface area contributed by atoms with Crippen LogP contribution in [-0.2, 0) is 11.3 Å². The Balaban J connectivity index is 1.89. The normalized spacial score (nSPS) is 17.9. The van der Waals surface area contributed by atoms with Crippen molar-refractivity contribution >= 4 is 5.91 Å². The van der Waals surface area contributed by atoms with Crippen LogP contribution in [0.2, 0.25) is 0 Å². The van der Waals surface area contributed by atoms with Crippen molar-refractivity contribution in [3.05, 3.63) is 23.8 Å². The molecule has 1 saturated heterocycles. The Kier molecular flexibility index (Phi) is 5.32. The summed E-state index contributed by atoms with van der Waals surface area (Å²) in [4.78, 5) is 11.1. The van der Waals surface area contributed by atoms with Gasteiger partial charge >= 0.3 is 6.61 Å². The van der Waals surface area contributed by atoms with Gasteiger partial charge in [-0.15, -0.1) is 0 Å². The molecular weight excluding hydrogens is 282 g/mol. The maximum absolute atomic E-state index is 12.3. The molecule has 1 unspecified atom stereocenters. The molecule has 1 aliphatic rings. The first-order chi connectivity index (χ1) is 10.1. The van der Waals surface area contributed by atoms with Crippen LogP contribution in [0.1, 0.15) is 18.4 Å². The summed E-state index contributed by atoms with van der Waals surface area (Å²) < 4.78 is 34.1. The summed E-state index contributed by atoms with van der Waals surface area (Å²) >= 11 is 0. The largest absolute Gasteiger partial charge is 0.493 e. The summed E-state index contributed by atoms with van der Waals surface area (Å²) in [6, 6.07) is 5.02. The number of halogens is 2. The van der Waals surface area contributed by atoms with Gasteiger partial charge in [-0.2, -0.15) is 8.78 Å². The molecule has 1 amide bonds. The Morgan fingerprint density at radius 1 is 1.43 bits per heavy atom. The molecule has 1 aliphatic heterocycles. The van der Waals surface area contributed by atoms with E-state index in [1.165, 1.54) is 13.2 Å². The van der Waals surface area contributed by atoms with Gasteiger partial charge in [0.15, 0.2) is 11.5 Å². The lowest BCUT2D eigenvalue weighted by Crippen LogP contribution is -2.35. The number of carbonyl (C=O) groups is 1. The highest BCUT2D eigenvalue weighted by Gasteiger charge is 2.19. The summed E-state index contributed by atoms with van der Waals surface area (Å²) in [6.07, 6.45) is 1.37. The van der Waals surface area contributed by atoms with Crippen molar-refractivity contribution in [2.24, 2.45) is 0 Å². The maximum Gasteiger partial charge on any atom is 0.387 e. The molecule has 0 radical (unpaired) electrons. The molecule has 0 bridgehead atoms. The molecule has 0 aliphatic carbocycles. The van der Waals surface area contributed by atoms with E-state index < -0.39 is 6.61 Å².